The van der Waals surface area contributed by atoms with Crippen LogP contribution in [0.2, 0.25) is 0 Å². The maximum absolute atomic E-state index is 5.36. The van der Waals surface area contributed by atoms with Crippen LogP contribution in [-0.4, -0.2) is 21.7 Å². The standard InChI is InChI=1S/C14H12BrN3O/c1-19-14-4-2-3-12-16-17-13(18(12)14)9-10-5-7-11(15)8-6-10/h2-8H,9H2,1H3. The Morgan fingerprint density at radius 1 is 1.11 bits per heavy atom. The van der Waals surface area contributed by atoms with Crippen molar-refractivity contribution >= 4 is 21.6 Å². The van der Waals surface area contributed by atoms with E-state index in [0.29, 0.717) is 0 Å². The summed E-state index contributed by atoms with van der Waals surface area (Å²) in [6.45, 7) is 0. The maximum Gasteiger partial charge on any atom is 0.200 e. The van der Waals surface area contributed by atoms with Crippen molar-refractivity contribution < 1.29 is 4.74 Å². The van der Waals surface area contributed by atoms with E-state index in [0.717, 1.165) is 28.2 Å². The molecule has 0 N–H and O–H groups in total. The van der Waals surface area contributed by atoms with Crippen molar-refractivity contribution in [3.8, 4) is 5.88 Å². The number of pyridine rings is 1. The average Bonchev–Trinajstić information content (AvgIpc) is 2.85. The molecule has 4 nitrogen and oxygen atoms in total. The molecule has 0 saturated heterocycles. The van der Waals surface area contributed by atoms with Gasteiger partial charge >= 0.3 is 0 Å². The molecule has 0 fully saturated rings. The second kappa shape index (κ2) is 5.01. The van der Waals surface area contributed by atoms with Crippen LogP contribution in [0.4, 0.5) is 0 Å². The van der Waals surface area contributed by atoms with E-state index in [1.54, 1.807) is 7.11 Å². The van der Waals surface area contributed by atoms with Crippen LogP contribution < -0.4 is 4.74 Å². The predicted octanol–water partition coefficient (Wildman–Crippen LogP) is 3.09. The molecule has 0 unspecified atom stereocenters. The van der Waals surface area contributed by atoms with Crippen molar-refractivity contribution in [2.75, 3.05) is 7.11 Å². The largest absolute Gasteiger partial charge is 0.482 e. The van der Waals surface area contributed by atoms with Gasteiger partial charge in [0.25, 0.3) is 0 Å². The van der Waals surface area contributed by atoms with Gasteiger partial charge in [-0.15, -0.1) is 10.2 Å². The first-order chi connectivity index (χ1) is 9.28. The van der Waals surface area contributed by atoms with Crippen molar-refractivity contribution in [3.63, 3.8) is 0 Å². The lowest BCUT2D eigenvalue weighted by molar-refractivity contribution is 0.390. The lowest BCUT2D eigenvalue weighted by Gasteiger charge is -2.06. The molecule has 0 saturated carbocycles. The van der Waals surface area contributed by atoms with Crippen LogP contribution in [0.1, 0.15) is 11.4 Å². The highest BCUT2D eigenvalue weighted by molar-refractivity contribution is 9.10. The Morgan fingerprint density at radius 3 is 2.63 bits per heavy atom. The average molecular weight is 318 g/mol. The number of methoxy groups -OCH3 is 1. The molecule has 0 amide bonds. The number of fused-ring (bicyclic) bond motifs is 1. The first-order valence-corrected chi connectivity index (χ1v) is 6.68. The van der Waals surface area contributed by atoms with Gasteiger partial charge in [0.2, 0.25) is 5.88 Å². The van der Waals surface area contributed by atoms with Crippen LogP contribution in [0.15, 0.2) is 46.9 Å². The van der Waals surface area contributed by atoms with Gasteiger partial charge in [0.05, 0.1) is 7.11 Å². The third-order valence-electron chi connectivity index (χ3n) is 2.94. The summed E-state index contributed by atoms with van der Waals surface area (Å²) in [5, 5.41) is 8.41. The van der Waals surface area contributed by atoms with E-state index in [1.165, 1.54) is 5.56 Å². The fourth-order valence-corrected chi connectivity index (χ4v) is 2.29. The van der Waals surface area contributed by atoms with Crippen molar-refractivity contribution in [1.82, 2.24) is 14.6 Å². The molecule has 5 heteroatoms. The van der Waals surface area contributed by atoms with E-state index in [-0.39, 0.29) is 0 Å². The molecule has 2 aromatic heterocycles. The number of halogens is 1. The molecule has 19 heavy (non-hydrogen) atoms. The predicted molar refractivity (Wildman–Crippen MR) is 76.5 cm³/mol. The van der Waals surface area contributed by atoms with E-state index in [1.807, 2.05) is 34.7 Å². The Bertz CT molecular complexity index is 706. The molecule has 3 aromatic rings. The molecule has 0 spiro atoms. The molecule has 0 atom stereocenters. The van der Waals surface area contributed by atoms with E-state index in [2.05, 4.69) is 38.3 Å². The Balaban J connectivity index is 2.03. The molecular weight excluding hydrogens is 306 g/mol. The van der Waals surface area contributed by atoms with Gasteiger partial charge in [-0.25, -0.2) is 4.40 Å². The Kier molecular flexibility index (Phi) is 3.21. The maximum atomic E-state index is 5.36. The number of hydrogen-bond acceptors (Lipinski definition) is 3. The number of aromatic nitrogens is 3. The van der Waals surface area contributed by atoms with Gasteiger partial charge < -0.3 is 4.74 Å². The second-order valence-corrected chi connectivity index (χ2v) is 5.10. The second-order valence-electron chi connectivity index (χ2n) is 4.18. The van der Waals surface area contributed by atoms with E-state index >= 15 is 0 Å². The summed E-state index contributed by atoms with van der Waals surface area (Å²) in [6, 6.07) is 13.9. The summed E-state index contributed by atoms with van der Waals surface area (Å²) in [6.07, 6.45) is 0.717. The third-order valence-corrected chi connectivity index (χ3v) is 3.47. The Labute approximate surface area is 119 Å². The minimum atomic E-state index is 0.717. The molecule has 3 rings (SSSR count). The van der Waals surface area contributed by atoms with Gasteiger partial charge in [-0.05, 0) is 29.8 Å². The summed E-state index contributed by atoms with van der Waals surface area (Å²) in [7, 11) is 1.65. The zero-order valence-corrected chi connectivity index (χ0v) is 12.0. The monoisotopic (exact) mass is 317 g/mol. The lowest BCUT2D eigenvalue weighted by Crippen LogP contribution is -2.00. The SMILES string of the molecule is COc1cccc2nnc(Cc3ccc(Br)cc3)n12. The molecule has 1 aromatic carbocycles. The fourth-order valence-electron chi connectivity index (χ4n) is 2.03. The van der Waals surface area contributed by atoms with Crippen LogP contribution in [0, 0.1) is 0 Å². The summed E-state index contributed by atoms with van der Waals surface area (Å²) in [4.78, 5) is 0. The van der Waals surface area contributed by atoms with Crippen LogP contribution in [0.25, 0.3) is 5.65 Å². The highest BCUT2D eigenvalue weighted by Gasteiger charge is 2.10. The van der Waals surface area contributed by atoms with Crippen molar-refractivity contribution in [2.45, 2.75) is 6.42 Å². The van der Waals surface area contributed by atoms with Crippen LogP contribution >= 0.6 is 15.9 Å². The normalized spacial score (nSPS) is 10.8. The first-order valence-electron chi connectivity index (χ1n) is 5.89. The van der Waals surface area contributed by atoms with Crippen LogP contribution in [0.3, 0.4) is 0 Å². The molecule has 0 radical (unpaired) electrons. The quantitative estimate of drug-likeness (QED) is 0.745. The van der Waals surface area contributed by atoms with E-state index < -0.39 is 0 Å². The smallest absolute Gasteiger partial charge is 0.200 e. The molecule has 0 aliphatic carbocycles. The van der Waals surface area contributed by atoms with Crippen molar-refractivity contribution in [3.05, 3.63) is 58.3 Å². The van der Waals surface area contributed by atoms with Gasteiger partial charge in [0.15, 0.2) is 5.65 Å². The van der Waals surface area contributed by atoms with E-state index in [4.69, 9.17) is 4.74 Å². The van der Waals surface area contributed by atoms with Crippen molar-refractivity contribution in [1.29, 1.82) is 0 Å². The molecule has 96 valence electrons. The number of hydrogen-bond donors (Lipinski definition) is 0. The molecule has 0 aliphatic heterocycles. The number of nitrogens with zero attached hydrogens (tertiary/aromatic N) is 3. The Hall–Kier alpha value is -1.88. The van der Waals surface area contributed by atoms with E-state index in [9.17, 15) is 0 Å². The fraction of sp³-hybridized carbons (Fsp3) is 0.143. The van der Waals surface area contributed by atoms with Crippen molar-refractivity contribution in [2.24, 2.45) is 0 Å². The van der Waals surface area contributed by atoms with Gasteiger partial charge in [-0.3, -0.25) is 0 Å². The highest BCUT2D eigenvalue weighted by Crippen LogP contribution is 2.18. The first kappa shape index (κ1) is 12.2. The summed E-state index contributed by atoms with van der Waals surface area (Å²) in [5.74, 6) is 1.62. The van der Waals surface area contributed by atoms with Gasteiger partial charge in [0.1, 0.15) is 5.82 Å². The zero-order chi connectivity index (χ0) is 13.2. The summed E-state index contributed by atoms with van der Waals surface area (Å²) in [5.41, 5.74) is 1.98. The number of ether oxygens (including phenoxy) is 1. The summed E-state index contributed by atoms with van der Waals surface area (Å²) >= 11 is 3.43. The minimum Gasteiger partial charge on any atom is -0.482 e. The minimum absolute atomic E-state index is 0.717. The number of benzene rings is 1. The molecule has 0 aliphatic rings. The molecular formula is C14H12BrN3O. The topological polar surface area (TPSA) is 39.4 Å². The Morgan fingerprint density at radius 2 is 1.89 bits per heavy atom. The highest BCUT2D eigenvalue weighted by atomic mass is 79.9. The third kappa shape index (κ3) is 2.33. The van der Waals surface area contributed by atoms with Gasteiger partial charge in [-0.2, -0.15) is 0 Å². The van der Waals surface area contributed by atoms with Crippen LogP contribution in [-0.2, 0) is 6.42 Å². The molecule has 2 heterocycles. The van der Waals surface area contributed by atoms with Gasteiger partial charge in [-0.1, -0.05) is 34.1 Å². The lowest BCUT2D eigenvalue weighted by atomic mass is 10.1. The summed E-state index contributed by atoms with van der Waals surface area (Å²) < 4.78 is 8.36. The molecule has 0 bridgehead atoms. The van der Waals surface area contributed by atoms with Gasteiger partial charge in [0, 0.05) is 10.9 Å². The van der Waals surface area contributed by atoms with Crippen LogP contribution in [0.5, 0.6) is 5.88 Å². The number of rotatable bonds is 3. The zero-order valence-electron chi connectivity index (χ0n) is 10.4.